The van der Waals surface area contributed by atoms with Crippen LogP contribution in [-0.4, -0.2) is 19.2 Å². The van der Waals surface area contributed by atoms with Gasteiger partial charge in [-0.2, -0.15) is 0 Å². The van der Waals surface area contributed by atoms with Crippen LogP contribution in [-0.2, 0) is 11.2 Å². The summed E-state index contributed by atoms with van der Waals surface area (Å²) in [7, 11) is 0. The van der Waals surface area contributed by atoms with Crippen LogP contribution in [0.2, 0.25) is 0 Å². The first-order valence-corrected chi connectivity index (χ1v) is 7.14. The maximum Gasteiger partial charge on any atom is 0.0949 e. The molecule has 0 radical (unpaired) electrons. The Morgan fingerprint density at radius 3 is 2.61 bits per heavy atom. The first-order chi connectivity index (χ1) is 8.70. The summed E-state index contributed by atoms with van der Waals surface area (Å²) in [6.45, 7) is 8.51. The summed E-state index contributed by atoms with van der Waals surface area (Å²) < 4.78 is 5.98. The summed E-state index contributed by atoms with van der Waals surface area (Å²) in [6.07, 6.45) is 2.42. The number of rotatable bonds is 3. The van der Waals surface area contributed by atoms with Crippen molar-refractivity contribution in [1.29, 1.82) is 0 Å². The van der Waals surface area contributed by atoms with E-state index in [2.05, 4.69) is 50.4 Å². The molecule has 0 spiro atoms. The molecule has 0 aromatic heterocycles. The molecule has 0 saturated carbocycles. The van der Waals surface area contributed by atoms with Gasteiger partial charge in [-0.05, 0) is 29.9 Å². The molecule has 2 heteroatoms. The van der Waals surface area contributed by atoms with Gasteiger partial charge in [-0.25, -0.2) is 0 Å². The van der Waals surface area contributed by atoms with Crippen molar-refractivity contribution in [2.75, 3.05) is 13.2 Å². The SMILES string of the molecule is CCc1ccc(C2CNC(C(C)C)CCO2)cc1. The van der Waals surface area contributed by atoms with Crippen LogP contribution in [0.1, 0.15) is 44.4 Å². The lowest BCUT2D eigenvalue weighted by molar-refractivity contribution is 0.0660. The van der Waals surface area contributed by atoms with Crippen molar-refractivity contribution in [2.45, 2.75) is 45.8 Å². The van der Waals surface area contributed by atoms with Gasteiger partial charge in [0.2, 0.25) is 0 Å². The summed E-state index contributed by atoms with van der Waals surface area (Å²) in [5.74, 6) is 0.676. The van der Waals surface area contributed by atoms with Gasteiger partial charge in [0.25, 0.3) is 0 Å². The summed E-state index contributed by atoms with van der Waals surface area (Å²) >= 11 is 0. The highest BCUT2D eigenvalue weighted by Crippen LogP contribution is 2.22. The Labute approximate surface area is 111 Å². The van der Waals surface area contributed by atoms with Gasteiger partial charge in [-0.3, -0.25) is 0 Å². The fraction of sp³-hybridized carbons (Fsp3) is 0.625. The first kappa shape index (κ1) is 13.6. The molecule has 0 amide bonds. The van der Waals surface area contributed by atoms with E-state index in [4.69, 9.17) is 4.74 Å². The number of aryl methyl sites for hydroxylation is 1. The molecule has 1 aromatic carbocycles. The van der Waals surface area contributed by atoms with Gasteiger partial charge in [-0.1, -0.05) is 45.0 Å². The second-order valence-electron chi connectivity index (χ2n) is 5.50. The Morgan fingerprint density at radius 1 is 1.28 bits per heavy atom. The largest absolute Gasteiger partial charge is 0.372 e. The Kier molecular flexibility index (Phi) is 4.79. The zero-order chi connectivity index (χ0) is 13.0. The molecule has 1 N–H and O–H groups in total. The highest BCUT2D eigenvalue weighted by Gasteiger charge is 2.21. The Morgan fingerprint density at radius 2 is 2.00 bits per heavy atom. The summed E-state index contributed by atoms with van der Waals surface area (Å²) in [6, 6.07) is 9.43. The van der Waals surface area contributed by atoms with E-state index in [-0.39, 0.29) is 6.10 Å². The highest BCUT2D eigenvalue weighted by atomic mass is 16.5. The van der Waals surface area contributed by atoms with E-state index in [1.54, 1.807) is 0 Å². The molecule has 0 bridgehead atoms. The van der Waals surface area contributed by atoms with Crippen molar-refractivity contribution in [1.82, 2.24) is 5.32 Å². The maximum atomic E-state index is 5.98. The lowest BCUT2D eigenvalue weighted by Gasteiger charge is -2.20. The molecule has 2 atom stereocenters. The molecule has 1 aliphatic rings. The van der Waals surface area contributed by atoms with Gasteiger partial charge in [0.05, 0.1) is 6.10 Å². The second kappa shape index (κ2) is 6.35. The third-order valence-electron chi connectivity index (χ3n) is 3.88. The summed E-state index contributed by atoms with van der Waals surface area (Å²) in [5.41, 5.74) is 2.68. The normalized spacial score (nSPS) is 25.1. The maximum absolute atomic E-state index is 5.98. The van der Waals surface area contributed by atoms with Crippen LogP contribution in [0.5, 0.6) is 0 Å². The highest BCUT2D eigenvalue weighted by molar-refractivity contribution is 5.24. The minimum absolute atomic E-state index is 0.208. The van der Waals surface area contributed by atoms with Crippen molar-refractivity contribution < 1.29 is 4.74 Å². The molecule has 18 heavy (non-hydrogen) atoms. The quantitative estimate of drug-likeness (QED) is 0.884. The third-order valence-corrected chi connectivity index (χ3v) is 3.88. The van der Waals surface area contributed by atoms with Crippen LogP contribution < -0.4 is 5.32 Å². The Bertz CT molecular complexity index is 358. The van der Waals surface area contributed by atoms with E-state index in [0.29, 0.717) is 12.0 Å². The van der Waals surface area contributed by atoms with Gasteiger partial charge in [0.15, 0.2) is 0 Å². The van der Waals surface area contributed by atoms with Gasteiger partial charge in [0, 0.05) is 19.2 Å². The van der Waals surface area contributed by atoms with Crippen LogP contribution in [0.15, 0.2) is 24.3 Å². The Balaban J connectivity index is 2.00. The van der Waals surface area contributed by atoms with Crippen LogP contribution in [0.3, 0.4) is 0 Å². The van der Waals surface area contributed by atoms with E-state index >= 15 is 0 Å². The summed E-state index contributed by atoms with van der Waals surface area (Å²) in [4.78, 5) is 0. The molecule has 0 aliphatic carbocycles. The average Bonchev–Trinajstić information content (AvgIpc) is 2.64. The predicted molar refractivity (Wildman–Crippen MR) is 75.8 cm³/mol. The van der Waals surface area contributed by atoms with E-state index in [1.807, 2.05) is 0 Å². The molecule has 1 heterocycles. The standard InChI is InChI=1S/C16H25NO/c1-4-13-5-7-14(8-6-13)16-11-17-15(12(2)3)9-10-18-16/h5-8,12,15-17H,4,9-11H2,1-3H3. The fourth-order valence-electron chi connectivity index (χ4n) is 2.51. The molecular weight excluding hydrogens is 222 g/mol. The minimum atomic E-state index is 0.208. The molecule has 2 rings (SSSR count). The fourth-order valence-corrected chi connectivity index (χ4v) is 2.51. The summed E-state index contributed by atoms with van der Waals surface area (Å²) in [5, 5.41) is 3.63. The number of hydrogen-bond acceptors (Lipinski definition) is 2. The molecule has 2 nitrogen and oxygen atoms in total. The van der Waals surface area contributed by atoms with Crippen molar-refractivity contribution in [3.8, 4) is 0 Å². The van der Waals surface area contributed by atoms with E-state index in [1.165, 1.54) is 11.1 Å². The van der Waals surface area contributed by atoms with Crippen molar-refractivity contribution in [3.05, 3.63) is 35.4 Å². The number of nitrogens with one attached hydrogen (secondary N) is 1. The zero-order valence-corrected chi connectivity index (χ0v) is 11.8. The molecule has 2 unspecified atom stereocenters. The number of benzene rings is 1. The second-order valence-corrected chi connectivity index (χ2v) is 5.50. The average molecular weight is 247 g/mol. The third kappa shape index (κ3) is 3.33. The Hall–Kier alpha value is -0.860. The van der Waals surface area contributed by atoms with E-state index in [9.17, 15) is 0 Å². The van der Waals surface area contributed by atoms with E-state index < -0.39 is 0 Å². The molecule has 1 saturated heterocycles. The van der Waals surface area contributed by atoms with Gasteiger partial charge in [0.1, 0.15) is 0 Å². The molecular formula is C16H25NO. The molecule has 1 aromatic rings. The van der Waals surface area contributed by atoms with Crippen molar-refractivity contribution in [2.24, 2.45) is 5.92 Å². The number of ether oxygens (including phenoxy) is 1. The van der Waals surface area contributed by atoms with E-state index in [0.717, 1.165) is 26.0 Å². The van der Waals surface area contributed by atoms with Gasteiger partial charge < -0.3 is 10.1 Å². The lowest BCUT2D eigenvalue weighted by Crippen LogP contribution is -2.34. The van der Waals surface area contributed by atoms with Crippen molar-refractivity contribution in [3.63, 3.8) is 0 Å². The van der Waals surface area contributed by atoms with Gasteiger partial charge in [-0.15, -0.1) is 0 Å². The monoisotopic (exact) mass is 247 g/mol. The zero-order valence-electron chi connectivity index (χ0n) is 11.8. The predicted octanol–water partition coefficient (Wildman–Crippen LogP) is 3.32. The van der Waals surface area contributed by atoms with Crippen LogP contribution in [0.4, 0.5) is 0 Å². The topological polar surface area (TPSA) is 21.3 Å². The van der Waals surface area contributed by atoms with Crippen LogP contribution in [0, 0.1) is 5.92 Å². The molecule has 1 fully saturated rings. The van der Waals surface area contributed by atoms with Crippen LogP contribution >= 0.6 is 0 Å². The van der Waals surface area contributed by atoms with Gasteiger partial charge >= 0.3 is 0 Å². The minimum Gasteiger partial charge on any atom is -0.372 e. The number of hydrogen-bond donors (Lipinski definition) is 1. The first-order valence-electron chi connectivity index (χ1n) is 7.14. The molecule has 100 valence electrons. The molecule has 1 aliphatic heterocycles. The lowest BCUT2D eigenvalue weighted by atomic mass is 10.0. The van der Waals surface area contributed by atoms with Crippen LogP contribution in [0.25, 0.3) is 0 Å². The smallest absolute Gasteiger partial charge is 0.0949 e. The van der Waals surface area contributed by atoms with Crippen molar-refractivity contribution >= 4 is 0 Å².